The average molecular weight is 226 g/mol. The summed E-state index contributed by atoms with van der Waals surface area (Å²) in [7, 11) is 0. The number of nitrogens with zero attached hydrogens (tertiary/aromatic N) is 1. The predicted octanol–water partition coefficient (Wildman–Crippen LogP) is 4.41. The molecular formula is C13H20ClN. The highest BCUT2D eigenvalue weighted by Crippen LogP contribution is 2.25. The number of hydrogen-bond donors (Lipinski definition) is 0. The van der Waals surface area contributed by atoms with Crippen molar-refractivity contribution < 1.29 is 0 Å². The Bertz CT molecular complexity index is 326. The Labute approximate surface area is 97.9 Å². The first-order valence-corrected chi connectivity index (χ1v) is 5.88. The molecule has 1 rings (SSSR count). The summed E-state index contributed by atoms with van der Waals surface area (Å²) < 4.78 is 0. The summed E-state index contributed by atoms with van der Waals surface area (Å²) in [5.41, 5.74) is 2.58. The standard InChI is InChI=1S/C13H20ClN/c1-10-12(14)11(7-9-15-10)6-5-8-13(2,3)4/h7,9H,5-6,8H2,1-4H3. The molecule has 1 aromatic heterocycles. The molecule has 0 saturated heterocycles. The van der Waals surface area contributed by atoms with Gasteiger partial charge in [0.15, 0.2) is 0 Å². The first-order valence-electron chi connectivity index (χ1n) is 5.50. The Balaban J connectivity index is 2.55. The van der Waals surface area contributed by atoms with E-state index in [0.29, 0.717) is 5.41 Å². The quantitative estimate of drug-likeness (QED) is 0.743. The van der Waals surface area contributed by atoms with E-state index in [1.165, 1.54) is 18.4 Å². The van der Waals surface area contributed by atoms with Crippen LogP contribution in [0.3, 0.4) is 0 Å². The number of rotatable bonds is 3. The fourth-order valence-corrected chi connectivity index (χ4v) is 1.81. The largest absolute Gasteiger partial charge is 0.260 e. The van der Waals surface area contributed by atoms with E-state index in [4.69, 9.17) is 11.6 Å². The molecule has 2 heteroatoms. The highest BCUT2D eigenvalue weighted by Gasteiger charge is 2.10. The van der Waals surface area contributed by atoms with Crippen molar-refractivity contribution in [3.63, 3.8) is 0 Å². The lowest BCUT2D eigenvalue weighted by Gasteiger charge is -2.17. The SMILES string of the molecule is Cc1nccc(CCCC(C)(C)C)c1Cl. The minimum atomic E-state index is 0.411. The fourth-order valence-electron chi connectivity index (χ4n) is 1.60. The number of hydrogen-bond acceptors (Lipinski definition) is 1. The predicted molar refractivity (Wildman–Crippen MR) is 66.4 cm³/mol. The van der Waals surface area contributed by atoms with Gasteiger partial charge in [0, 0.05) is 6.20 Å². The summed E-state index contributed by atoms with van der Waals surface area (Å²) >= 11 is 6.18. The molecule has 15 heavy (non-hydrogen) atoms. The molecular weight excluding hydrogens is 206 g/mol. The second-order valence-corrected chi connectivity index (χ2v) is 5.66. The highest BCUT2D eigenvalue weighted by atomic mass is 35.5. The maximum Gasteiger partial charge on any atom is 0.0650 e. The molecule has 0 aliphatic carbocycles. The van der Waals surface area contributed by atoms with Gasteiger partial charge in [0.25, 0.3) is 0 Å². The van der Waals surface area contributed by atoms with Crippen LogP contribution in [-0.2, 0) is 6.42 Å². The molecule has 0 bridgehead atoms. The van der Waals surface area contributed by atoms with Gasteiger partial charge in [-0.1, -0.05) is 32.4 Å². The maximum absolute atomic E-state index is 6.18. The average Bonchev–Trinajstić information content (AvgIpc) is 2.10. The van der Waals surface area contributed by atoms with E-state index in [0.717, 1.165) is 17.1 Å². The van der Waals surface area contributed by atoms with Gasteiger partial charge in [-0.05, 0) is 43.2 Å². The Kier molecular flexibility index (Phi) is 4.15. The molecule has 0 spiro atoms. The summed E-state index contributed by atoms with van der Waals surface area (Å²) in [5, 5.41) is 0.839. The number of aryl methyl sites for hydroxylation is 2. The van der Waals surface area contributed by atoms with E-state index in [1.807, 2.05) is 19.2 Å². The molecule has 0 unspecified atom stereocenters. The molecule has 1 nitrogen and oxygen atoms in total. The first-order chi connectivity index (χ1) is 6.90. The van der Waals surface area contributed by atoms with Crippen LogP contribution in [0, 0.1) is 12.3 Å². The van der Waals surface area contributed by atoms with E-state index in [1.54, 1.807) is 0 Å². The van der Waals surface area contributed by atoms with Crippen LogP contribution in [0.1, 0.15) is 44.9 Å². The van der Waals surface area contributed by atoms with E-state index < -0.39 is 0 Å². The van der Waals surface area contributed by atoms with Crippen LogP contribution in [0.2, 0.25) is 5.02 Å². The van der Waals surface area contributed by atoms with Gasteiger partial charge in [-0.15, -0.1) is 0 Å². The van der Waals surface area contributed by atoms with Crippen molar-refractivity contribution in [2.45, 2.75) is 47.0 Å². The van der Waals surface area contributed by atoms with Gasteiger partial charge < -0.3 is 0 Å². The molecule has 0 aromatic carbocycles. The summed E-state index contributed by atoms with van der Waals surface area (Å²) in [5.74, 6) is 0. The van der Waals surface area contributed by atoms with Crippen molar-refractivity contribution in [1.29, 1.82) is 0 Å². The molecule has 0 N–H and O–H groups in total. The van der Waals surface area contributed by atoms with Crippen LogP contribution >= 0.6 is 11.6 Å². The summed E-state index contributed by atoms with van der Waals surface area (Å²) in [6.45, 7) is 8.76. The molecule has 0 fully saturated rings. The van der Waals surface area contributed by atoms with Crippen LogP contribution in [0.15, 0.2) is 12.3 Å². The second kappa shape index (κ2) is 4.98. The van der Waals surface area contributed by atoms with Crippen molar-refractivity contribution >= 4 is 11.6 Å². The smallest absolute Gasteiger partial charge is 0.0650 e. The van der Waals surface area contributed by atoms with Crippen molar-refractivity contribution in [3.8, 4) is 0 Å². The van der Waals surface area contributed by atoms with Crippen molar-refractivity contribution in [3.05, 3.63) is 28.5 Å². The van der Waals surface area contributed by atoms with Gasteiger partial charge in [-0.25, -0.2) is 0 Å². The lowest BCUT2D eigenvalue weighted by atomic mass is 9.89. The van der Waals surface area contributed by atoms with Gasteiger partial charge >= 0.3 is 0 Å². The fraction of sp³-hybridized carbons (Fsp3) is 0.615. The topological polar surface area (TPSA) is 12.9 Å². The van der Waals surface area contributed by atoms with E-state index in [2.05, 4.69) is 25.8 Å². The molecule has 0 aliphatic heterocycles. The number of halogens is 1. The third-order valence-electron chi connectivity index (χ3n) is 2.52. The summed E-state index contributed by atoms with van der Waals surface area (Å²) in [4.78, 5) is 4.16. The van der Waals surface area contributed by atoms with E-state index in [9.17, 15) is 0 Å². The summed E-state index contributed by atoms with van der Waals surface area (Å²) in [6.07, 6.45) is 5.31. The van der Waals surface area contributed by atoms with Crippen molar-refractivity contribution in [2.24, 2.45) is 5.41 Å². The van der Waals surface area contributed by atoms with E-state index in [-0.39, 0.29) is 0 Å². The lowest BCUT2D eigenvalue weighted by Crippen LogP contribution is -2.05. The minimum Gasteiger partial charge on any atom is -0.260 e. The molecule has 1 aromatic rings. The van der Waals surface area contributed by atoms with Crippen LogP contribution < -0.4 is 0 Å². The first kappa shape index (κ1) is 12.5. The Morgan fingerprint density at radius 3 is 2.60 bits per heavy atom. The van der Waals surface area contributed by atoms with Gasteiger partial charge in [0.1, 0.15) is 0 Å². The normalized spacial score (nSPS) is 11.8. The Hall–Kier alpha value is -0.560. The third kappa shape index (κ3) is 4.21. The van der Waals surface area contributed by atoms with Crippen molar-refractivity contribution in [1.82, 2.24) is 4.98 Å². The Morgan fingerprint density at radius 2 is 2.00 bits per heavy atom. The third-order valence-corrected chi connectivity index (χ3v) is 3.03. The van der Waals surface area contributed by atoms with Crippen LogP contribution in [0.4, 0.5) is 0 Å². The van der Waals surface area contributed by atoms with Gasteiger partial charge in [0.05, 0.1) is 10.7 Å². The molecule has 1 heterocycles. The number of aromatic nitrogens is 1. The Morgan fingerprint density at radius 1 is 1.33 bits per heavy atom. The van der Waals surface area contributed by atoms with Gasteiger partial charge in [-0.2, -0.15) is 0 Å². The molecule has 0 aliphatic rings. The van der Waals surface area contributed by atoms with Crippen LogP contribution in [0.5, 0.6) is 0 Å². The molecule has 84 valence electrons. The second-order valence-electron chi connectivity index (χ2n) is 5.28. The minimum absolute atomic E-state index is 0.411. The molecule has 0 saturated carbocycles. The van der Waals surface area contributed by atoms with Crippen LogP contribution in [0.25, 0.3) is 0 Å². The zero-order valence-electron chi connectivity index (χ0n) is 10.1. The van der Waals surface area contributed by atoms with Crippen LogP contribution in [-0.4, -0.2) is 4.98 Å². The molecule has 0 radical (unpaired) electrons. The zero-order chi connectivity index (χ0) is 11.5. The number of pyridine rings is 1. The molecule has 0 atom stereocenters. The molecule has 0 amide bonds. The van der Waals surface area contributed by atoms with Gasteiger partial charge in [-0.3, -0.25) is 4.98 Å². The summed E-state index contributed by atoms with van der Waals surface area (Å²) in [6, 6.07) is 2.03. The lowest BCUT2D eigenvalue weighted by molar-refractivity contribution is 0.365. The maximum atomic E-state index is 6.18. The van der Waals surface area contributed by atoms with E-state index >= 15 is 0 Å². The monoisotopic (exact) mass is 225 g/mol. The van der Waals surface area contributed by atoms with Crippen molar-refractivity contribution in [2.75, 3.05) is 0 Å². The zero-order valence-corrected chi connectivity index (χ0v) is 10.9. The highest BCUT2D eigenvalue weighted by molar-refractivity contribution is 6.31. The van der Waals surface area contributed by atoms with Gasteiger partial charge in [0.2, 0.25) is 0 Å².